The molecule has 0 fully saturated rings. The quantitative estimate of drug-likeness (QED) is 0.219. The fourth-order valence-corrected chi connectivity index (χ4v) is 9.08. The Kier molecular flexibility index (Phi) is 4.23. The molecule has 4 heterocycles. The van der Waals surface area contributed by atoms with E-state index in [2.05, 4.69) is 24.3 Å². The smallest absolute Gasteiger partial charge is 0.266 e. The molecule has 1 aliphatic rings. The Balaban J connectivity index is 1.47. The molecular formula is C33H20N5OP. The van der Waals surface area contributed by atoms with E-state index in [1.165, 1.54) is 0 Å². The maximum Gasteiger partial charge on any atom is 0.338 e. The van der Waals surface area contributed by atoms with Crippen LogP contribution in [0, 0.1) is 0 Å². The van der Waals surface area contributed by atoms with Crippen LogP contribution in [-0.4, -0.2) is 23.6 Å². The predicted octanol–water partition coefficient (Wildman–Crippen LogP) is 7.65. The summed E-state index contributed by atoms with van der Waals surface area (Å²) in [4.78, 5) is 14.8. The van der Waals surface area contributed by atoms with Crippen LogP contribution in [0.4, 0.5) is 0 Å². The topological polar surface area (TPSA) is 65.6 Å². The van der Waals surface area contributed by atoms with Gasteiger partial charge in [0.2, 0.25) is 5.57 Å². The monoisotopic (exact) mass is 533 g/mol. The van der Waals surface area contributed by atoms with Crippen molar-refractivity contribution in [2.24, 2.45) is 0 Å². The van der Waals surface area contributed by atoms with E-state index in [9.17, 15) is 0 Å². The average molecular weight is 534 g/mol. The van der Waals surface area contributed by atoms with Gasteiger partial charge >= 0.3 is 7.44 Å². The summed E-state index contributed by atoms with van der Waals surface area (Å²) < 4.78 is 20.1. The Morgan fingerprint density at radius 3 is 1.35 bits per heavy atom. The van der Waals surface area contributed by atoms with Crippen LogP contribution >= 0.6 is 7.44 Å². The lowest BCUT2D eigenvalue weighted by atomic mass is 10.1. The molecule has 0 aliphatic carbocycles. The van der Waals surface area contributed by atoms with Crippen molar-refractivity contribution in [3.05, 3.63) is 121 Å². The van der Waals surface area contributed by atoms with Gasteiger partial charge < -0.3 is 0 Å². The van der Waals surface area contributed by atoms with Crippen molar-refractivity contribution < 1.29 is 4.57 Å². The number of benzene rings is 5. The van der Waals surface area contributed by atoms with Gasteiger partial charge in [0.1, 0.15) is 0 Å². The van der Waals surface area contributed by atoms with Crippen molar-refractivity contribution in [1.82, 2.24) is 23.6 Å². The van der Waals surface area contributed by atoms with Gasteiger partial charge in [0.25, 0.3) is 0 Å². The van der Waals surface area contributed by atoms with Crippen LogP contribution in [0.1, 0.15) is 0 Å². The minimum Gasteiger partial charge on any atom is -0.266 e. The van der Waals surface area contributed by atoms with E-state index in [0.717, 1.165) is 54.7 Å². The number of aromatic nitrogens is 5. The number of fused-ring (bicyclic) bond motifs is 6. The summed E-state index contributed by atoms with van der Waals surface area (Å²) in [6.07, 6.45) is 0. The largest absolute Gasteiger partial charge is 0.338 e. The van der Waals surface area contributed by atoms with Gasteiger partial charge in [-0.2, -0.15) is 0 Å². The van der Waals surface area contributed by atoms with Crippen molar-refractivity contribution in [3.63, 3.8) is 0 Å². The second-order valence-electron chi connectivity index (χ2n) is 10.1. The standard InChI is InChI=1S/C33H20N5OP/c39-40(33-35-31(21-11-3-1-4-12-21)34-32(36-33)22-13-5-2-6-14-22)37-27-17-9-7-15-23(27)25-19-20-26-24-16-8-10-18-28(24)38(40)30(26)29(25)37/h1-20H. The molecule has 1 aliphatic heterocycles. The normalized spacial score (nSPS) is 13.8. The molecule has 3 aromatic heterocycles. The van der Waals surface area contributed by atoms with E-state index in [4.69, 9.17) is 15.0 Å². The molecule has 0 saturated heterocycles. The molecule has 8 aromatic rings. The molecule has 7 heteroatoms. The highest BCUT2D eigenvalue weighted by atomic mass is 31.2. The molecule has 0 saturated carbocycles. The molecule has 0 bridgehead atoms. The van der Waals surface area contributed by atoms with Crippen LogP contribution < -0.4 is 5.57 Å². The maximum atomic E-state index is 16.1. The van der Waals surface area contributed by atoms with Gasteiger partial charge in [-0.25, -0.2) is 15.0 Å². The van der Waals surface area contributed by atoms with Crippen molar-refractivity contribution in [3.8, 4) is 22.8 Å². The zero-order valence-electron chi connectivity index (χ0n) is 21.1. The molecule has 0 spiro atoms. The number of para-hydroxylation sites is 2. The van der Waals surface area contributed by atoms with Gasteiger partial charge in [-0.15, -0.1) is 0 Å². The van der Waals surface area contributed by atoms with E-state index >= 15 is 4.57 Å². The Hall–Kier alpha value is -5.06. The molecule has 0 amide bonds. The van der Waals surface area contributed by atoms with E-state index in [0.29, 0.717) is 11.6 Å². The number of hydrogen-bond acceptors (Lipinski definition) is 4. The fraction of sp³-hybridized carbons (Fsp3) is 0. The number of rotatable bonds is 3. The van der Waals surface area contributed by atoms with E-state index in [-0.39, 0.29) is 5.57 Å². The van der Waals surface area contributed by atoms with Gasteiger partial charge in [0.15, 0.2) is 11.6 Å². The van der Waals surface area contributed by atoms with E-state index in [1.807, 2.05) is 106 Å². The summed E-state index contributed by atoms with van der Waals surface area (Å²) in [5.41, 5.74) is 5.69. The van der Waals surface area contributed by atoms with Gasteiger partial charge in [-0.05, 0) is 12.1 Å². The molecule has 6 nitrogen and oxygen atoms in total. The van der Waals surface area contributed by atoms with Crippen LogP contribution in [0.3, 0.4) is 0 Å². The maximum absolute atomic E-state index is 16.1. The Morgan fingerprint density at radius 1 is 0.450 bits per heavy atom. The minimum atomic E-state index is -3.68. The first kappa shape index (κ1) is 21.8. The molecule has 40 heavy (non-hydrogen) atoms. The number of nitrogens with zero attached hydrogens (tertiary/aromatic N) is 5. The van der Waals surface area contributed by atoms with Crippen LogP contribution in [0.15, 0.2) is 121 Å². The van der Waals surface area contributed by atoms with Crippen molar-refractivity contribution >= 4 is 56.6 Å². The zero-order chi connectivity index (χ0) is 26.4. The predicted molar refractivity (Wildman–Crippen MR) is 161 cm³/mol. The average Bonchev–Trinajstić information content (AvgIpc) is 3.64. The summed E-state index contributed by atoms with van der Waals surface area (Å²) in [6.45, 7) is 0. The first-order valence-electron chi connectivity index (χ1n) is 13.2. The molecule has 188 valence electrons. The highest BCUT2D eigenvalue weighted by molar-refractivity contribution is 7.69. The lowest BCUT2D eigenvalue weighted by Gasteiger charge is -2.20. The Morgan fingerprint density at radius 2 is 0.875 bits per heavy atom. The summed E-state index contributed by atoms with van der Waals surface area (Å²) >= 11 is 0. The fourth-order valence-electron chi connectivity index (χ4n) is 6.22. The zero-order valence-corrected chi connectivity index (χ0v) is 22.0. The van der Waals surface area contributed by atoms with E-state index in [1.54, 1.807) is 0 Å². The molecule has 9 rings (SSSR count). The van der Waals surface area contributed by atoms with Crippen molar-refractivity contribution in [2.45, 2.75) is 0 Å². The summed E-state index contributed by atoms with van der Waals surface area (Å²) in [6, 6.07) is 40.3. The molecule has 0 radical (unpaired) electrons. The highest BCUT2D eigenvalue weighted by Gasteiger charge is 2.44. The van der Waals surface area contributed by atoms with Crippen LogP contribution in [0.25, 0.3) is 66.4 Å². The first-order valence-corrected chi connectivity index (χ1v) is 14.8. The van der Waals surface area contributed by atoms with Gasteiger partial charge in [0, 0.05) is 32.7 Å². The third-order valence-corrected chi connectivity index (χ3v) is 10.5. The Bertz CT molecular complexity index is 2200. The van der Waals surface area contributed by atoms with Crippen LogP contribution in [-0.2, 0) is 4.57 Å². The summed E-state index contributed by atoms with van der Waals surface area (Å²) in [7, 11) is -3.68. The van der Waals surface area contributed by atoms with Crippen LogP contribution in [0.2, 0.25) is 0 Å². The summed E-state index contributed by atoms with van der Waals surface area (Å²) in [5.74, 6) is 0.993. The molecule has 0 unspecified atom stereocenters. The molecule has 5 aromatic carbocycles. The lowest BCUT2D eigenvalue weighted by Crippen LogP contribution is -2.23. The van der Waals surface area contributed by atoms with Gasteiger partial charge in [0.05, 0.1) is 22.1 Å². The third kappa shape index (κ3) is 2.68. The SMILES string of the molecule is O=P1(c2nc(-c3ccccc3)nc(-c3ccccc3)n2)n2c3ccccc3c3ccc4c5ccccc5n1c4c32. The highest BCUT2D eigenvalue weighted by Crippen LogP contribution is 2.62. The lowest BCUT2D eigenvalue weighted by molar-refractivity contribution is 0.573. The summed E-state index contributed by atoms with van der Waals surface area (Å²) in [5, 5.41) is 4.28. The van der Waals surface area contributed by atoms with Crippen LogP contribution in [0.5, 0.6) is 0 Å². The molecular weight excluding hydrogens is 513 g/mol. The number of hydrogen-bond donors (Lipinski definition) is 0. The Labute approximate surface area is 228 Å². The minimum absolute atomic E-state index is 0.265. The molecule has 0 N–H and O–H groups in total. The van der Waals surface area contributed by atoms with Gasteiger partial charge in [-0.3, -0.25) is 13.2 Å². The van der Waals surface area contributed by atoms with Crippen molar-refractivity contribution in [1.29, 1.82) is 0 Å². The first-order chi connectivity index (χ1) is 19.7. The molecule has 0 atom stereocenters. The third-order valence-electron chi connectivity index (χ3n) is 7.91. The van der Waals surface area contributed by atoms with E-state index < -0.39 is 7.44 Å². The van der Waals surface area contributed by atoms with Crippen molar-refractivity contribution in [2.75, 3.05) is 0 Å². The van der Waals surface area contributed by atoms with Gasteiger partial charge in [-0.1, -0.05) is 109 Å². The second-order valence-corrected chi connectivity index (χ2v) is 12.4. The second kappa shape index (κ2) is 7.75.